The molecule has 106 valence electrons. The summed E-state index contributed by atoms with van der Waals surface area (Å²) in [7, 11) is 1.82. The zero-order valence-electron chi connectivity index (χ0n) is 11.9. The van der Waals surface area contributed by atoms with Crippen LogP contribution in [-0.2, 0) is 4.74 Å². The van der Waals surface area contributed by atoms with Crippen LogP contribution in [0.15, 0.2) is 12.3 Å². The highest BCUT2D eigenvalue weighted by molar-refractivity contribution is 5.93. The molecule has 1 aliphatic heterocycles. The lowest BCUT2D eigenvalue weighted by atomic mass is 10.2. The third kappa shape index (κ3) is 3.10. The van der Waals surface area contributed by atoms with Crippen LogP contribution in [0.25, 0.3) is 0 Å². The van der Waals surface area contributed by atoms with Crippen LogP contribution in [0.1, 0.15) is 43.2 Å². The molecule has 5 heteroatoms. The SMILES string of the molecule is CC(C)n1cc(N)cc1C(=O)N(C)CC1CCCO1. The monoisotopic (exact) mass is 265 g/mol. The summed E-state index contributed by atoms with van der Waals surface area (Å²) in [6.45, 7) is 5.52. The van der Waals surface area contributed by atoms with E-state index in [1.165, 1.54) is 0 Å². The van der Waals surface area contributed by atoms with Crippen LogP contribution in [0.2, 0.25) is 0 Å². The minimum Gasteiger partial charge on any atom is -0.397 e. The molecule has 0 saturated carbocycles. The first-order chi connectivity index (χ1) is 8.99. The summed E-state index contributed by atoms with van der Waals surface area (Å²) in [5.74, 6) is 0.000833. The van der Waals surface area contributed by atoms with Gasteiger partial charge in [-0.3, -0.25) is 4.79 Å². The zero-order chi connectivity index (χ0) is 14.0. The number of rotatable bonds is 4. The Balaban J connectivity index is 2.09. The van der Waals surface area contributed by atoms with Crippen LogP contribution in [0, 0.1) is 0 Å². The number of ether oxygens (including phenoxy) is 1. The summed E-state index contributed by atoms with van der Waals surface area (Å²) in [6, 6.07) is 1.96. The van der Waals surface area contributed by atoms with Crippen molar-refractivity contribution in [3.8, 4) is 0 Å². The van der Waals surface area contributed by atoms with Gasteiger partial charge in [0.05, 0.1) is 11.8 Å². The number of aromatic nitrogens is 1. The van der Waals surface area contributed by atoms with Crippen molar-refractivity contribution in [2.75, 3.05) is 25.9 Å². The number of nitrogen functional groups attached to an aromatic ring is 1. The van der Waals surface area contributed by atoms with Gasteiger partial charge in [0.25, 0.3) is 5.91 Å². The molecule has 5 nitrogen and oxygen atoms in total. The molecule has 1 aromatic heterocycles. The lowest BCUT2D eigenvalue weighted by molar-refractivity contribution is 0.0578. The van der Waals surface area contributed by atoms with Crippen molar-refractivity contribution in [3.05, 3.63) is 18.0 Å². The average molecular weight is 265 g/mol. The highest BCUT2D eigenvalue weighted by Gasteiger charge is 2.23. The Bertz CT molecular complexity index is 448. The van der Waals surface area contributed by atoms with Gasteiger partial charge in [-0.1, -0.05) is 0 Å². The maximum atomic E-state index is 12.5. The molecular formula is C14H23N3O2. The van der Waals surface area contributed by atoms with E-state index in [2.05, 4.69) is 0 Å². The van der Waals surface area contributed by atoms with Gasteiger partial charge >= 0.3 is 0 Å². The molecule has 1 amide bonds. The summed E-state index contributed by atoms with van der Waals surface area (Å²) in [4.78, 5) is 14.2. The van der Waals surface area contributed by atoms with E-state index < -0.39 is 0 Å². The molecule has 2 heterocycles. The Kier molecular flexibility index (Phi) is 4.14. The van der Waals surface area contributed by atoms with Gasteiger partial charge in [-0.15, -0.1) is 0 Å². The maximum Gasteiger partial charge on any atom is 0.270 e. The summed E-state index contributed by atoms with van der Waals surface area (Å²) >= 11 is 0. The Morgan fingerprint density at radius 3 is 2.95 bits per heavy atom. The topological polar surface area (TPSA) is 60.5 Å². The standard InChI is InChI=1S/C14H23N3O2/c1-10(2)17-8-11(15)7-13(17)14(18)16(3)9-12-5-4-6-19-12/h7-8,10,12H,4-6,9,15H2,1-3H3. The summed E-state index contributed by atoms with van der Waals surface area (Å²) < 4.78 is 7.49. The van der Waals surface area contributed by atoms with Crippen molar-refractivity contribution in [1.82, 2.24) is 9.47 Å². The predicted molar refractivity (Wildman–Crippen MR) is 75.2 cm³/mol. The molecule has 0 aromatic carbocycles. The third-order valence-electron chi connectivity index (χ3n) is 3.49. The fourth-order valence-electron chi connectivity index (χ4n) is 2.47. The van der Waals surface area contributed by atoms with Crippen molar-refractivity contribution in [2.45, 2.75) is 38.8 Å². The molecule has 19 heavy (non-hydrogen) atoms. The molecule has 1 aromatic rings. The van der Waals surface area contributed by atoms with E-state index in [0.29, 0.717) is 17.9 Å². The first kappa shape index (κ1) is 13.9. The number of carbonyl (C=O) groups is 1. The van der Waals surface area contributed by atoms with Crippen LogP contribution < -0.4 is 5.73 Å². The summed E-state index contributed by atoms with van der Waals surface area (Å²) in [5.41, 5.74) is 7.08. The normalized spacial score (nSPS) is 19.1. The van der Waals surface area contributed by atoms with E-state index in [-0.39, 0.29) is 18.1 Å². The minimum absolute atomic E-state index is 0.000833. The van der Waals surface area contributed by atoms with Gasteiger partial charge in [-0.25, -0.2) is 0 Å². The number of hydrogen-bond acceptors (Lipinski definition) is 3. The van der Waals surface area contributed by atoms with Crippen molar-refractivity contribution >= 4 is 11.6 Å². The second-order valence-corrected chi connectivity index (χ2v) is 5.48. The van der Waals surface area contributed by atoms with Gasteiger partial charge in [0.2, 0.25) is 0 Å². The molecule has 0 aliphatic carbocycles. The summed E-state index contributed by atoms with van der Waals surface area (Å²) in [6.07, 6.45) is 4.11. The second kappa shape index (κ2) is 5.65. The number of amides is 1. The number of likely N-dealkylation sites (N-methyl/N-ethyl adjacent to an activating group) is 1. The molecule has 1 saturated heterocycles. The zero-order valence-corrected chi connectivity index (χ0v) is 11.9. The number of carbonyl (C=O) groups excluding carboxylic acids is 1. The van der Waals surface area contributed by atoms with Crippen LogP contribution in [-0.4, -0.2) is 41.7 Å². The lowest BCUT2D eigenvalue weighted by Gasteiger charge is -2.22. The van der Waals surface area contributed by atoms with Gasteiger partial charge in [0, 0.05) is 32.4 Å². The van der Waals surface area contributed by atoms with Gasteiger partial charge < -0.3 is 19.9 Å². The van der Waals surface area contributed by atoms with E-state index in [1.807, 2.05) is 31.7 Å². The summed E-state index contributed by atoms with van der Waals surface area (Å²) in [5, 5.41) is 0. The smallest absolute Gasteiger partial charge is 0.270 e. The predicted octanol–water partition coefficient (Wildman–Crippen LogP) is 1.90. The Morgan fingerprint density at radius 1 is 1.63 bits per heavy atom. The molecule has 2 N–H and O–H groups in total. The fourth-order valence-corrected chi connectivity index (χ4v) is 2.47. The molecule has 0 bridgehead atoms. The number of nitrogens with zero attached hydrogens (tertiary/aromatic N) is 2. The van der Waals surface area contributed by atoms with Crippen molar-refractivity contribution in [1.29, 1.82) is 0 Å². The number of anilines is 1. The van der Waals surface area contributed by atoms with Gasteiger partial charge in [-0.2, -0.15) is 0 Å². The molecule has 0 radical (unpaired) electrons. The van der Waals surface area contributed by atoms with E-state index in [9.17, 15) is 4.79 Å². The molecule has 0 spiro atoms. The van der Waals surface area contributed by atoms with Crippen LogP contribution >= 0.6 is 0 Å². The molecular weight excluding hydrogens is 242 g/mol. The highest BCUT2D eigenvalue weighted by Crippen LogP contribution is 2.19. The molecule has 1 aliphatic rings. The largest absolute Gasteiger partial charge is 0.397 e. The number of hydrogen-bond donors (Lipinski definition) is 1. The molecule has 1 fully saturated rings. The average Bonchev–Trinajstić information content (AvgIpc) is 2.97. The molecule has 1 unspecified atom stereocenters. The first-order valence-corrected chi connectivity index (χ1v) is 6.83. The van der Waals surface area contributed by atoms with Gasteiger partial charge in [0.1, 0.15) is 5.69 Å². The van der Waals surface area contributed by atoms with Crippen LogP contribution in [0.3, 0.4) is 0 Å². The van der Waals surface area contributed by atoms with Crippen molar-refractivity contribution in [2.24, 2.45) is 0 Å². The number of nitrogens with two attached hydrogens (primary N) is 1. The first-order valence-electron chi connectivity index (χ1n) is 6.83. The molecule has 2 rings (SSSR count). The Labute approximate surface area is 114 Å². The van der Waals surface area contributed by atoms with Crippen LogP contribution in [0.4, 0.5) is 5.69 Å². The Hall–Kier alpha value is -1.49. The quantitative estimate of drug-likeness (QED) is 0.904. The van der Waals surface area contributed by atoms with Crippen molar-refractivity contribution < 1.29 is 9.53 Å². The minimum atomic E-state index is 0.000833. The Morgan fingerprint density at radius 2 is 2.37 bits per heavy atom. The highest BCUT2D eigenvalue weighted by atomic mass is 16.5. The van der Waals surface area contributed by atoms with E-state index in [1.54, 1.807) is 11.0 Å². The van der Waals surface area contributed by atoms with E-state index in [0.717, 1.165) is 19.4 Å². The van der Waals surface area contributed by atoms with Gasteiger partial charge in [-0.05, 0) is 32.8 Å². The fraction of sp³-hybridized carbons (Fsp3) is 0.643. The van der Waals surface area contributed by atoms with E-state index >= 15 is 0 Å². The molecule has 1 atom stereocenters. The second-order valence-electron chi connectivity index (χ2n) is 5.48. The maximum absolute atomic E-state index is 12.5. The van der Waals surface area contributed by atoms with Gasteiger partial charge in [0.15, 0.2) is 0 Å². The lowest BCUT2D eigenvalue weighted by Crippen LogP contribution is -2.35. The van der Waals surface area contributed by atoms with Crippen LogP contribution in [0.5, 0.6) is 0 Å². The van der Waals surface area contributed by atoms with E-state index in [4.69, 9.17) is 10.5 Å². The van der Waals surface area contributed by atoms with Crippen molar-refractivity contribution in [3.63, 3.8) is 0 Å². The third-order valence-corrected chi connectivity index (χ3v) is 3.49.